The van der Waals surface area contributed by atoms with Crippen LogP contribution in [-0.4, -0.2) is 4.98 Å². The average Bonchev–Trinajstić information content (AvgIpc) is 3.18. The largest absolute Gasteiger partial charge is 0.326 e. The molecule has 2 aliphatic rings. The van der Waals surface area contributed by atoms with E-state index in [1.54, 1.807) is 0 Å². The molecule has 3 rings (SSSR count). The van der Waals surface area contributed by atoms with E-state index in [1.807, 2.05) is 11.3 Å². The van der Waals surface area contributed by atoms with Crippen LogP contribution in [0.3, 0.4) is 0 Å². The number of nitrogens with two attached hydrogens (primary N) is 1. The molecule has 2 saturated carbocycles. The molecule has 1 aromatic heterocycles. The SMILES string of the molecule is CC(C)C1CCC(c2nc(C3CC3)c(CN)s2)CC1. The molecule has 0 aromatic carbocycles. The lowest BCUT2D eigenvalue weighted by atomic mass is 9.77. The van der Waals surface area contributed by atoms with E-state index >= 15 is 0 Å². The second-order valence-electron chi connectivity index (χ2n) is 6.69. The van der Waals surface area contributed by atoms with Gasteiger partial charge in [0.25, 0.3) is 0 Å². The zero-order valence-corrected chi connectivity index (χ0v) is 13.0. The van der Waals surface area contributed by atoms with Gasteiger partial charge >= 0.3 is 0 Å². The van der Waals surface area contributed by atoms with Crippen molar-refractivity contribution in [3.63, 3.8) is 0 Å². The zero-order chi connectivity index (χ0) is 13.4. The lowest BCUT2D eigenvalue weighted by Gasteiger charge is -2.29. The Kier molecular flexibility index (Phi) is 3.95. The first-order valence-corrected chi connectivity index (χ1v) is 8.70. The molecule has 1 aromatic rings. The second kappa shape index (κ2) is 5.53. The van der Waals surface area contributed by atoms with Crippen LogP contribution in [-0.2, 0) is 6.54 Å². The summed E-state index contributed by atoms with van der Waals surface area (Å²) in [6, 6.07) is 0. The average molecular weight is 278 g/mol. The van der Waals surface area contributed by atoms with Gasteiger partial charge in [-0.15, -0.1) is 11.3 Å². The molecule has 3 heteroatoms. The number of aromatic nitrogens is 1. The molecule has 2 aliphatic carbocycles. The van der Waals surface area contributed by atoms with E-state index < -0.39 is 0 Å². The first kappa shape index (κ1) is 13.6. The minimum Gasteiger partial charge on any atom is -0.326 e. The number of thiazole rings is 1. The Morgan fingerprint density at radius 2 is 1.74 bits per heavy atom. The number of hydrogen-bond donors (Lipinski definition) is 1. The molecule has 1 heterocycles. The summed E-state index contributed by atoms with van der Waals surface area (Å²) >= 11 is 1.91. The molecular weight excluding hydrogens is 252 g/mol. The fourth-order valence-corrected chi connectivity index (χ4v) is 4.61. The highest BCUT2D eigenvalue weighted by atomic mass is 32.1. The van der Waals surface area contributed by atoms with Gasteiger partial charge in [0.05, 0.1) is 10.7 Å². The van der Waals surface area contributed by atoms with Gasteiger partial charge in [-0.2, -0.15) is 0 Å². The molecule has 0 bridgehead atoms. The summed E-state index contributed by atoms with van der Waals surface area (Å²) in [6.07, 6.45) is 8.11. The predicted octanol–water partition coefficient (Wildman–Crippen LogP) is 4.41. The smallest absolute Gasteiger partial charge is 0.0962 e. The first-order valence-electron chi connectivity index (χ1n) is 7.88. The van der Waals surface area contributed by atoms with E-state index in [0.29, 0.717) is 6.54 Å². The van der Waals surface area contributed by atoms with Crippen molar-refractivity contribution < 1.29 is 0 Å². The Balaban J connectivity index is 1.69. The fraction of sp³-hybridized carbons (Fsp3) is 0.812. The number of rotatable bonds is 4. The van der Waals surface area contributed by atoms with Crippen molar-refractivity contribution in [1.82, 2.24) is 4.98 Å². The Morgan fingerprint density at radius 3 is 2.26 bits per heavy atom. The molecule has 2 nitrogen and oxygen atoms in total. The zero-order valence-electron chi connectivity index (χ0n) is 12.2. The van der Waals surface area contributed by atoms with Gasteiger partial charge in [-0.05, 0) is 50.4 Å². The Hall–Kier alpha value is -0.410. The number of nitrogens with zero attached hydrogens (tertiary/aromatic N) is 1. The van der Waals surface area contributed by atoms with Crippen LogP contribution in [0.4, 0.5) is 0 Å². The van der Waals surface area contributed by atoms with Crippen LogP contribution in [0.5, 0.6) is 0 Å². The topological polar surface area (TPSA) is 38.9 Å². The molecular formula is C16H26N2S. The van der Waals surface area contributed by atoms with Gasteiger partial charge in [0.15, 0.2) is 0 Å². The van der Waals surface area contributed by atoms with Gasteiger partial charge in [0.1, 0.15) is 0 Å². The van der Waals surface area contributed by atoms with Crippen molar-refractivity contribution >= 4 is 11.3 Å². The molecule has 19 heavy (non-hydrogen) atoms. The van der Waals surface area contributed by atoms with E-state index in [9.17, 15) is 0 Å². The maximum Gasteiger partial charge on any atom is 0.0962 e. The first-order chi connectivity index (χ1) is 9.19. The molecule has 0 radical (unpaired) electrons. The second-order valence-corrected chi connectivity index (χ2v) is 7.81. The van der Waals surface area contributed by atoms with Gasteiger partial charge in [-0.3, -0.25) is 0 Å². The van der Waals surface area contributed by atoms with Gasteiger partial charge in [-0.1, -0.05) is 13.8 Å². The van der Waals surface area contributed by atoms with E-state index in [0.717, 1.165) is 23.7 Å². The van der Waals surface area contributed by atoms with Crippen molar-refractivity contribution in [2.24, 2.45) is 17.6 Å². The van der Waals surface area contributed by atoms with Crippen LogP contribution in [0.1, 0.15) is 79.8 Å². The molecule has 106 valence electrons. The fourth-order valence-electron chi connectivity index (χ4n) is 3.41. The molecule has 2 N–H and O–H groups in total. The van der Waals surface area contributed by atoms with Crippen molar-refractivity contribution in [2.75, 3.05) is 0 Å². The summed E-state index contributed by atoms with van der Waals surface area (Å²) in [7, 11) is 0. The van der Waals surface area contributed by atoms with Gasteiger partial charge in [-0.25, -0.2) is 4.98 Å². The van der Waals surface area contributed by atoms with E-state index in [4.69, 9.17) is 10.7 Å². The highest BCUT2D eigenvalue weighted by Crippen LogP contribution is 2.46. The molecule has 0 spiro atoms. The standard InChI is InChI=1S/C16H26N2S/c1-10(2)11-3-7-13(8-4-11)16-18-15(12-5-6-12)14(9-17)19-16/h10-13H,3-9,17H2,1-2H3. The maximum absolute atomic E-state index is 5.89. The third kappa shape index (κ3) is 2.87. The lowest BCUT2D eigenvalue weighted by Crippen LogP contribution is -2.17. The van der Waals surface area contributed by atoms with E-state index in [1.165, 1.54) is 54.1 Å². The van der Waals surface area contributed by atoms with Gasteiger partial charge in [0, 0.05) is 23.3 Å². The third-order valence-corrected chi connectivity index (χ3v) is 6.21. The van der Waals surface area contributed by atoms with Crippen molar-refractivity contribution in [3.05, 3.63) is 15.6 Å². The van der Waals surface area contributed by atoms with Crippen LogP contribution >= 0.6 is 11.3 Å². The van der Waals surface area contributed by atoms with Gasteiger partial charge in [0.2, 0.25) is 0 Å². The summed E-state index contributed by atoms with van der Waals surface area (Å²) in [6.45, 7) is 5.42. The number of hydrogen-bond acceptors (Lipinski definition) is 3. The minimum atomic E-state index is 0.685. The molecule has 2 fully saturated rings. The molecule has 0 aliphatic heterocycles. The van der Waals surface area contributed by atoms with Crippen molar-refractivity contribution in [3.8, 4) is 0 Å². The van der Waals surface area contributed by atoms with Crippen LogP contribution < -0.4 is 5.73 Å². The van der Waals surface area contributed by atoms with Crippen LogP contribution in [0.15, 0.2) is 0 Å². The molecule has 0 amide bonds. The minimum absolute atomic E-state index is 0.685. The van der Waals surface area contributed by atoms with Crippen LogP contribution in [0.2, 0.25) is 0 Å². The van der Waals surface area contributed by atoms with E-state index in [2.05, 4.69) is 13.8 Å². The highest BCUT2D eigenvalue weighted by Gasteiger charge is 2.32. The summed E-state index contributed by atoms with van der Waals surface area (Å²) in [5.41, 5.74) is 7.25. The van der Waals surface area contributed by atoms with Gasteiger partial charge < -0.3 is 5.73 Å². The third-order valence-electron chi connectivity index (χ3n) is 4.96. The maximum atomic E-state index is 5.89. The normalized spacial score (nSPS) is 28.0. The Morgan fingerprint density at radius 1 is 1.11 bits per heavy atom. The monoisotopic (exact) mass is 278 g/mol. The highest BCUT2D eigenvalue weighted by molar-refractivity contribution is 7.11. The summed E-state index contributed by atoms with van der Waals surface area (Å²) in [5.74, 6) is 3.25. The Bertz CT molecular complexity index is 426. The quantitative estimate of drug-likeness (QED) is 0.886. The molecule has 0 atom stereocenters. The van der Waals surface area contributed by atoms with Crippen molar-refractivity contribution in [1.29, 1.82) is 0 Å². The summed E-state index contributed by atoms with van der Waals surface area (Å²) in [4.78, 5) is 6.34. The predicted molar refractivity (Wildman–Crippen MR) is 81.5 cm³/mol. The lowest BCUT2D eigenvalue weighted by molar-refractivity contribution is 0.258. The van der Waals surface area contributed by atoms with Crippen LogP contribution in [0.25, 0.3) is 0 Å². The summed E-state index contributed by atoms with van der Waals surface area (Å²) < 4.78 is 0. The molecule has 0 unspecified atom stereocenters. The van der Waals surface area contributed by atoms with E-state index in [-0.39, 0.29) is 0 Å². The Labute approximate surface area is 120 Å². The van der Waals surface area contributed by atoms with Crippen molar-refractivity contribution in [2.45, 2.75) is 70.8 Å². The van der Waals surface area contributed by atoms with Crippen LogP contribution in [0, 0.1) is 11.8 Å². The summed E-state index contributed by atoms with van der Waals surface area (Å²) in [5, 5.41) is 1.39. The molecule has 0 saturated heterocycles.